The van der Waals surface area contributed by atoms with E-state index in [9.17, 15) is 4.79 Å². The average Bonchev–Trinajstić information content (AvgIpc) is 2.51. The van der Waals surface area contributed by atoms with Crippen molar-refractivity contribution in [1.82, 2.24) is 14.3 Å². The van der Waals surface area contributed by atoms with E-state index in [-0.39, 0.29) is 11.3 Å². The maximum atomic E-state index is 12.3. The zero-order valence-electron chi connectivity index (χ0n) is 11.5. The monoisotopic (exact) mass is 353 g/mol. The smallest absolute Gasteiger partial charge is 0.300 e. The summed E-state index contributed by atoms with van der Waals surface area (Å²) in [7, 11) is 0. The Morgan fingerprint density at radius 1 is 1.33 bits per heavy atom. The predicted octanol–water partition coefficient (Wildman–Crippen LogP) is 1.17. The van der Waals surface area contributed by atoms with Gasteiger partial charge < -0.3 is 9.47 Å². The summed E-state index contributed by atoms with van der Waals surface area (Å²) in [4.78, 5) is 18.8. The van der Waals surface area contributed by atoms with E-state index in [1.54, 1.807) is 12.3 Å². The van der Waals surface area contributed by atoms with Gasteiger partial charge in [-0.3, -0.25) is 14.1 Å². The molecule has 0 amide bonds. The van der Waals surface area contributed by atoms with Crippen LogP contribution in [-0.2, 0) is 4.74 Å². The van der Waals surface area contributed by atoms with Crippen molar-refractivity contribution in [2.45, 2.75) is 0 Å². The molecule has 0 N–H and O–H groups in total. The van der Waals surface area contributed by atoms with E-state index in [1.165, 1.54) is 10.6 Å². The summed E-state index contributed by atoms with van der Waals surface area (Å²) in [6.07, 6.45) is 3.18. The third kappa shape index (κ3) is 3.42. The second kappa shape index (κ2) is 6.55. The van der Waals surface area contributed by atoms with E-state index in [0.29, 0.717) is 12.3 Å². The van der Waals surface area contributed by atoms with E-state index in [0.717, 1.165) is 37.3 Å². The van der Waals surface area contributed by atoms with E-state index in [1.807, 2.05) is 6.07 Å². The molecule has 1 saturated heterocycles. The van der Waals surface area contributed by atoms with Crippen molar-refractivity contribution >= 4 is 21.6 Å². The van der Waals surface area contributed by atoms with Gasteiger partial charge in [-0.25, -0.2) is 4.98 Å². The normalized spacial score (nSPS) is 16.2. The van der Waals surface area contributed by atoms with Crippen LogP contribution in [0.4, 0.5) is 0 Å². The van der Waals surface area contributed by atoms with Gasteiger partial charge in [0.15, 0.2) is 0 Å². The van der Waals surface area contributed by atoms with E-state index >= 15 is 0 Å². The van der Waals surface area contributed by atoms with Crippen molar-refractivity contribution in [2.24, 2.45) is 0 Å². The highest BCUT2D eigenvalue weighted by molar-refractivity contribution is 9.10. The first-order valence-electron chi connectivity index (χ1n) is 6.84. The first-order valence-corrected chi connectivity index (χ1v) is 7.63. The fourth-order valence-electron chi connectivity index (χ4n) is 2.24. The highest BCUT2D eigenvalue weighted by Gasteiger charge is 2.11. The number of rotatable bonds is 4. The van der Waals surface area contributed by atoms with Crippen LogP contribution in [0.25, 0.3) is 5.65 Å². The second-order valence-corrected chi connectivity index (χ2v) is 5.72. The first kappa shape index (κ1) is 14.5. The quantitative estimate of drug-likeness (QED) is 0.825. The minimum absolute atomic E-state index is 0.191. The molecule has 0 radical (unpaired) electrons. The van der Waals surface area contributed by atoms with Crippen molar-refractivity contribution in [2.75, 3.05) is 39.5 Å². The van der Waals surface area contributed by atoms with Crippen LogP contribution < -0.4 is 10.3 Å². The summed E-state index contributed by atoms with van der Waals surface area (Å²) < 4.78 is 13.2. The second-order valence-electron chi connectivity index (χ2n) is 4.81. The molecular formula is C14H16BrN3O3. The molecule has 3 heterocycles. The van der Waals surface area contributed by atoms with Crippen LogP contribution >= 0.6 is 15.9 Å². The van der Waals surface area contributed by atoms with Gasteiger partial charge in [-0.15, -0.1) is 0 Å². The Morgan fingerprint density at radius 2 is 2.14 bits per heavy atom. The standard InChI is InChI=1S/C14H16BrN3O3/c15-11-1-2-13-16-9-12(14(19)18(13)10-11)21-8-5-17-3-6-20-7-4-17/h1-2,9-10H,3-8H2. The lowest BCUT2D eigenvalue weighted by atomic mass is 10.4. The SMILES string of the molecule is O=c1c(OCCN2CCOCC2)cnc2ccc(Br)cn12. The van der Waals surface area contributed by atoms with Crippen molar-refractivity contribution in [3.8, 4) is 5.75 Å². The molecule has 112 valence electrons. The summed E-state index contributed by atoms with van der Waals surface area (Å²) in [6, 6.07) is 3.63. The number of ether oxygens (including phenoxy) is 2. The largest absolute Gasteiger partial charge is 0.485 e. The average molecular weight is 354 g/mol. The summed E-state index contributed by atoms with van der Waals surface area (Å²) in [6.45, 7) is 4.58. The predicted molar refractivity (Wildman–Crippen MR) is 81.9 cm³/mol. The van der Waals surface area contributed by atoms with Crippen LogP contribution in [0.15, 0.2) is 33.8 Å². The topological polar surface area (TPSA) is 56.1 Å². The molecular weight excluding hydrogens is 338 g/mol. The minimum atomic E-state index is -0.191. The summed E-state index contributed by atoms with van der Waals surface area (Å²) in [5.74, 6) is 0.277. The molecule has 1 aliphatic heterocycles. The fraction of sp³-hybridized carbons (Fsp3) is 0.429. The molecule has 6 nitrogen and oxygen atoms in total. The molecule has 0 unspecified atom stereocenters. The van der Waals surface area contributed by atoms with Crippen LogP contribution in [0.2, 0.25) is 0 Å². The number of hydrogen-bond acceptors (Lipinski definition) is 5. The van der Waals surface area contributed by atoms with Crippen LogP contribution in [0.5, 0.6) is 5.75 Å². The Bertz CT molecular complexity index is 683. The molecule has 3 rings (SSSR count). The Morgan fingerprint density at radius 3 is 2.95 bits per heavy atom. The lowest BCUT2D eigenvalue weighted by molar-refractivity contribution is 0.0321. The fourth-order valence-corrected chi connectivity index (χ4v) is 2.58. The Hall–Kier alpha value is -1.44. The number of pyridine rings is 1. The number of nitrogens with zero attached hydrogens (tertiary/aromatic N) is 3. The molecule has 0 saturated carbocycles. The minimum Gasteiger partial charge on any atom is -0.485 e. The van der Waals surface area contributed by atoms with Crippen LogP contribution in [0.1, 0.15) is 0 Å². The number of halogens is 1. The molecule has 1 fully saturated rings. The number of morpholine rings is 1. The van der Waals surface area contributed by atoms with Gasteiger partial charge in [0.2, 0.25) is 5.75 Å². The van der Waals surface area contributed by atoms with Crippen LogP contribution in [0.3, 0.4) is 0 Å². The molecule has 0 spiro atoms. The molecule has 0 aliphatic carbocycles. The van der Waals surface area contributed by atoms with Gasteiger partial charge in [-0.05, 0) is 28.1 Å². The van der Waals surface area contributed by atoms with E-state index in [2.05, 4.69) is 25.8 Å². The highest BCUT2D eigenvalue weighted by atomic mass is 79.9. The van der Waals surface area contributed by atoms with Gasteiger partial charge in [0.1, 0.15) is 12.3 Å². The summed E-state index contributed by atoms with van der Waals surface area (Å²) in [5.41, 5.74) is 0.409. The third-order valence-electron chi connectivity index (χ3n) is 3.40. The van der Waals surface area contributed by atoms with Crippen molar-refractivity contribution < 1.29 is 9.47 Å². The Kier molecular flexibility index (Phi) is 4.52. The van der Waals surface area contributed by atoms with E-state index < -0.39 is 0 Å². The maximum Gasteiger partial charge on any atom is 0.300 e. The van der Waals surface area contributed by atoms with Gasteiger partial charge in [-0.2, -0.15) is 0 Å². The van der Waals surface area contributed by atoms with Gasteiger partial charge in [-0.1, -0.05) is 0 Å². The molecule has 1 aliphatic rings. The molecule has 7 heteroatoms. The zero-order chi connectivity index (χ0) is 14.7. The van der Waals surface area contributed by atoms with Gasteiger partial charge in [0.25, 0.3) is 5.56 Å². The summed E-state index contributed by atoms with van der Waals surface area (Å²) >= 11 is 3.35. The van der Waals surface area contributed by atoms with Gasteiger partial charge >= 0.3 is 0 Å². The number of fused-ring (bicyclic) bond motifs is 1. The maximum absolute atomic E-state index is 12.3. The van der Waals surface area contributed by atoms with Crippen molar-refractivity contribution in [1.29, 1.82) is 0 Å². The molecule has 0 bridgehead atoms. The highest BCUT2D eigenvalue weighted by Crippen LogP contribution is 2.11. The van der Waals surface area contributed by atoms with Crippen LogP contribution in [-0.4, -0.2) is 53.7 Å². The van der Waals surface area contributed by atoms with Crippen LogP contribution in [0, 0.1) is 0 Å². The summed E-state index contributed by atoms with van der Waals surface area (Å²) in [5, 5.41) is 0. The first-order chi connectivity index (χ1) is 10.2. The molecule has 0 aromatic carbocycles. The van der Waals surface area contributed by atoms with Crippen molar-refractivity contribution in [3.05, 3.63) is 39.4 Å². The molecule has 0 atom stereocenters. The Balaban J connectivity index is 1.69. The van der Waals surface area contributed by atoms with Gasteiger partial charge in [0.05, 0.1) is 19.4 Å². The lowest BCUT2D eigenvalue weighted by Gasteiger charge is -2.26. The molecule has 2 aromatic rings. The molecule has 21 heavy (non-hydrogen) atoms. The lowest BCUT2D eigenvalue weighted by Crippen LogP contribution is -2.38. The zero-order valence-corrected chi connectivity index (χ0v) is 13.1. The number of aromatic nitrogens is 2. The number of hydrogen-bond donors (Lipinski definition) is 0. The Labute approximate surface area is 130 Å². The molecule has 2 aromatic heterocycles. The third-order valence-corrected chi connectivity index (χ3v) is 3.87. The van der Waals surface area contributed by atoms with Gasteiger partial charge in [0, 0.05) is 30.3 Å². The van der Waals surface area contributed by atoms with E-state index in [4.69, 9.17) is 9.47 Å². The van der Waals surface area contributed by atoms with Crippen molar-refractivity contribution in [3.63, 3.8) is 0 Å².